The monoisotopic (exact) mass is 361 g/mol. The molecule has 0 saturated heterocycles. The van der Waals surface area contributed by atoms with Crippen molar-refractivity contribution in [2.45, 2.75) is 51.8 Å². The Hall–Kier alpha value is -1.56. The van der Waals surface area contributed by atoms with Crippen molar-refractivity contribution in [3.63, 3.8) is 0 Å². The van der Waals surface area contributed by atoms with E-state index in [2.05, 4.69) is 52.8 Å². The Morgan fingerprint density at radius 2 is 1.92 bits per heavy atom. The molecule has 25 heavy (non-hydrogen) atoms. The van der Waals surface area contributed by atoms with E-state index in [1.807, 2.05) is 47.0 Å². The van der Waals surface area contributed by atoms with Gasteiger partial charge in [0.05, 0.1) is 11.7 Å². The van der Waals surface area contributed by atoms with E-state index in [-0.39, 0.29) is 10.8 Å². The molecule has 0 spiro atoms. The van der Waals surface area contributed by atoms with Gasteiger partial charge in [-0.3, -0.25) is 4.99 Å². The molecule has 2 atom stereocenters. The molecule has 0 fully saturated rings. The van der Waals surface area contributed by atoms with E-state index in [4.69, 9.17) is 0 Å². The maximum Gasteiger partial charge on any atom is 0.136 e. The average Bonchev–Trinajstić information content (AvgIpc) is 2.57. The van der Waals surface area contributed by atoms with Crippen LogP contribution in [0.1, 0.15) is 58.2 Å². The van der Waals surface area contributed by atoms with Crippen LogP contribution in [-0.4, -0.2) is 22.1 Å². The smallest absolute Gasteiger partial charge is 0.136 e. The van der Waals surface area contributed by atoms with Gasteiger partial charge in [0.1, 0.15) is 4.75 Å². The summed E-state index contributed by atoms with van der Waals surface area (Å²) in [5.74, 6) is 0. The van der Waals surface area contributed by atoms with Crippen LogP contribution in [0.4, 0.5) is 0 Å². The second-order valence-electron chi connectivity index (χ2n) is 6.87. The molecule has 0 radical (unpaired) electrons. The van der Waals surface area contributed by atoms with Gasteiger partial charge in [-0.1, -0.05) is 37.8 Å². The third kappa shape index (κ3) is 7.06. The molecule has 2 N–H and O–H groups in total. The highest BCUT2D eigenvalue weighted by Gasteiger charge is 2.28. The zero-order chi connectivity index (χ0) is 19.0. The number of hydrogen-bond acceptors (Lipinski definition) is 4. The van der Waals surface area contributed by atoms with Gasteiger partial charge in [-0.15, -0.1) is 4.72 Å². The summed E-state index contributed by atoms with van der Waals surface area (Å²) in [6, 6.07) is 8.26. The second kappa shape index (κ2) is 9.80. The van der Waals surface area contributed by atoms with Gasteiger partial charge < -0.3 is 9.87 Å². The fraction of sp³-hybridized carbons (Fsp3) is 0.450. The van der Waals surface area contributed by atoms with Gasteiger partial charge in [-0.05, 0) is 57.5 Å². The third-order valence-electron chi connectivity index (χ3n) is 3.64. The number of aliphatic imine (C=N–C) groups is 1. The van der Waals surface area contributed by atoms with Crippen LogP contribution in [0.3, 0.4) is 0 Å². The number of nitrogens with zero attached hydrogens (tertiary/aromatic N) is 1. The summed E-state index contributed by atoms with van der Waals surface area (Å²) in [6.45, 7) is 13.9. The first kappa shape index (κ1) is 21.5. The normalized spacial score (nSPS) is 15.2. The number of nitrogens with one attached hydrogen (secondary N) is 2. The van der Waals surface area contributed by atoms with E-state index in [0.29, 0.717) is 5.70 Å². The number of rotatable bonds is 8. The molecule has 0 aliphatic rings. The number of allylic oxidation sites excluding steroid dienone is 1. The number of hydrogen-bond donors (Lipinski definition) is 2. The van der Waals surface area contributed by atoms with Crippen molar-refractivity contribution in [2.24, 2.45) is 4.99 Å². The lowest BCUT2D eigenvalue weighted by Gasteiger charge is -2.26. The average molecular weight is 362 g/mol. The maximum absolute atomic E-state index is 12.2. The van der Waals surface area contributed by atoms with Gasteiger partial charge in [-0.25, -0.2) is 0 Å². The molecule has 138 valence electrons. The molecular formula is C20H31N3OS. The molecule has 1 aromatic carbocycles. The topological polar surface area (TPSA) is 59.5 Å². The Morgan fingerprint density at radius 1 is 1.32 bits per heavy atom. The van der Waals surface area contributed by atoms with Gasteiger partial charge in [0.2, 0.25) is 0 Å². The lowest BCUT2D eigenvalue weighted by atomic mass is 10.0. The molecular weight excluding hydrogens is 330 g/mol. The van der Waals surface area contributed by atoms with Crippen LogP contribution in [0.25, 0.3) is 0 Å². The van der Waals surface area contributed by atoms with Crippen LogP contribution in [0.5, 0.6) is 0 Å². The molecule has 0 bridgehead atoms. The van der Waals surface area contributed by atoms with Crippen LogP contribution >= 0.6 is 0 Å². The second-order valence-corrected chi connectivity index (χ2v) is 8.87. The first-order valence-electron chi connectivity index (χ1n) is 8.57. The molecule has 5 heteroatoms. The minimum atomic E-state index is -1.09. The summed E-state index contributed by atoms with van der Waals surface area (Å²) >= 11 is -1.09. The Morgan fingerprint density at radius 3 is 2.40 bits per heavy atom. The lowest BCUT2D eigenvalue weighted by Crippen LogP contribution is -2.40. The van der Waals surface area contributed by atoms with Gasteiger partial charge >= 0.3 is 0 Å². The predicted molar refractivity (Wildman–Crippen MR) is 110 cm³/mol. The standard InChI is InChI=1S/C20H31N3OS/c1-8-19(22-15(2)13-14-21-7)18-11-9-17(10-12-18)16(3)23-25(24)20(4,5)6/h9-14,16,21,23H,2,8H2,1,3-7H3/b14-13-,22-19?. The van der Waals surface area contributed by atoms with Gasteiger partial charge in [0.25, 0.3) is 0 Å². The van der Waals surface area contributed by atoms with E-state index in [0.717, 1.165) is 23.3 Å². The highest BCUT2D eigenvalue weighted by atomic mass is 32.2. The molecule has 1 rings (SSSR count). The van der Waals surface area contributed by atoms with E-state index in [1.165, 1.54) is 0 Å². The van der Waals surface area contributed by atoms with Crippen LogP contribution in [-0.2, 0) is 11.4 Å². The van der Waals surface area contributed by atoms with Crippen molar-refractivity contribution in [3.8, 4) is 0 Å². The van der Waals surface area contributed by atoms with Gasteiger partial charge in [-0.2, -0.15) is 0 Å². The fourth-order valence-electron chi connectivity index (χ4n) is 2.11. The fourth-order valence-corrected chi connectivity index (χ4v) is 2.92. The molecule has 0 aliphatic heterocycles. The highest BCUT2D eigenvalue weighted by molar-refractivity contribution is 7.90. The molecule has 0 aliphatic carbocycles. The molecule has 0 amide bonds. The summed E-state index contributed by atoms with van der Waals surface area (Å²) < 4.78 is 15.1. The van der Waals surface area contributed by atoms with E-state index in [1.54, 1.807) is 0 Å². The minimum absolute atomic E-state index is 0.0182. The Kier molecular flexibility index (Phi) is 8.42. The highest BCUT2D eigenvalue weighted by Crippen LogP contribution is 2.20. The molecule has 4 nitrogen and oxygen atoms in total. The maximum atomic E-state index is 12.2. The Bertz CT molecular complexity index is 615. The third-order valence-corrected chi connectivity index (χ3v) is 5.32. The summed E-state index contributed by atoms with van der Waals surface area (Å²) in [7, 11) is 1.84. The first-order chi connectivity index (χ1) is 11.7. The van der Waals surface area contributed by atoms with Crippen LogP contribution in [0.15, 0.2) is 53.8 Å². The molecule has 0 heterocycles. The molecule has 0 aromatic heterocycles. The van der Waals surface area contributed by atoms with Crippen molar-refractivity contribution in [1.82, 2.24) is 10.0 Å². The van der Waals surface area contributed by atoms with Crippen molar-refractivity contribution in [2.75, 3.05) is 7.05 Å². The van der Waals surface area contributed by atoms with Crippen molar-refractivity contribution < 1.29 is 4.55 Å². The zero-order valence-electron chi connectivity index (χ0n) is 16.2. The van der Waals surface area contributed by atoms with Gasteiger partial charge in [0.15, 0.2) is 0 Å². The van der Waals surface area contributed by atoms with Crippen molar-refractivity contribution in [1.29, 1.82) is 0 Å². The van der Waals surface area contributed by atoms with Crippen LogP contribution in [0, 0.1) is 0 Å². The summed E-state index contributed by atoms with van der Waals surface area (Å²) in [5.41, 5.74) is 3.89. The molecule has 2 unspecified atom stereocenters. The Balaban J connectivity index is 2.88. The predicted octanol–water partition coefficient (Wildman–Crippen LogP) is 4.25. The minimum Gasteiger partial charge on any atom is -0.598 e. The summed E-state index contributed by atoms with van der Waals surface area (Å²) in [4.78, 5) is 4.59. The van der Waals surface area contributed by atoms with E-state index < -0.39 is 11.4 Å². The van der Waals surface area contributed by atoms with Crippen molar-refractivity contribution in [3.05, 3.63) is 59.9 Å². The largest absolute Gasteiger partial charge is 0.598 e. The zero-order valence-corrected chi connectivity index (χ0v) is 17.0. The number of benzene rings is 1. The van der Waals surface area contributed by atoms with Crippen LogP contribution < -0.4 is 10.0 Å². The van der Waals surface area contributed by atoms with E-state index in [9.17, 15) is 4.55 Å². The summed E-state index contributed by atoms with van der Waals surface area (Å²) in [5, 5.41) is 2.93. The SMILES string of the molecule is C=C(/C=C\NC)N=C(CC)c1ccc(C(C)N[S+]([O-])C(C)(C)C)cc1. The van der Waals surface area contributed by atoms with Gasteiger partial charge in [0, 0.05) is 24.1 Å². The quantitative estimate of drug-likeness (QED) is 0.413. The summed E-state index contributed by atoms with van der Waals surface area (Å²) in [6.07, 6.45) is 4.48. The van der Waals surface area contributed by atoms with Crippen molar-refractivity contribution >= 4 is 17.1 Å². The van der Waals surface area contributed by atoms with E-state index >= 15 is 0 Å². The van der Waals surface area contributed by atoms with Crippen LogP contribution in [0.2, 0.25) is 0 Å². The lowest BCUT2D eigenvalue weighted by molar-refractivity contribution is 0.531. The first-order valence-corrected chi connectivity index (χ1v) is 9.72. The Labute approximate surface area is 155 Å². The molecule has 1 aromatic rings. The molecule has 0 saturated carbocycles.